The number of para-hydroxylation sites is 1. The molecular weight excluding hydrogens is 236 g/mol. The lowest BCUT2D eigenvalue weighted by atomic mass is 10.1. The molecule has 2 unspecified atom stereocenters. The first-order valence-electron chi connectivity index (χ1n) is 6.81. The molecule has 2 atom stereocenters. The third-order valence-electron chi connectivity index (χ3n) is 3.87. The molecule has 0 amide bonds. The number of nitrogens with two attached hydrogens (primary N) is 1. The van der Waals surface area contributed by atoms with Gasteiger partial charge in [0.2, 0.25) is 0 Å². The molecule has 0 aliphatic carbocycles. The average Bonchev–Trinajstić information content (AvgIpc) is 2.95. The molecule has 0 saturated heterocycles. The van der Waals surface area contributed by atoms with Gasteiger partial charge in [0.1, 0.15) is 11.5 Å². The first-order valence-corrected chi connectivity index (χ1v) is 6.81. The van der Waals surface area contributed by atoms with Gasteiger partial charge >= 0.3 is 0 Å². The molecular formula is C16H20N2O. The van der Waals surface area contributed by atoms with Crippen LogP contribution in [0, 0.1) is 6.92 Å². The highest BCUT2D eigenvalue weighted by atomic mass is 16.3. The molecule has 19 heavy (non-hydrogen) atoms. The van der Waals surface area contributed by atoms with E-state index in [1.807, 2.05) is 19.1 Å². The average molecular weight is 256 g/mol. The fraction of sp³-hybridized carbons (Fsp3) is 0.375. The van der Waals surface area contributed by atoms with E-state index >= 15 is 0 Å². The predicted molar refractivity (Wildman–Crippen MR) is 77.3 cm³/mol. The van der Waals surface area contributed by atoms with Gasteiger partial charge in [0.25, 0.3) is 0 Å². The van der Waals surface area contributed by atoms with Crippen LogP contribution in [0.5, 0.6) is 0 Å². The maximum absolute atomic E-state index is 6.27. The Morgan fingerprint density at radius 3 is 2.84 bits per heavy atom. The number of furan rings is 1. The normalized spacial score (nSPS) is 19.5. The maximum atomic E-state index is 6.27. The van der Waals surface area contributed by atoms with Crippen LogP contribution in [0.1, 0.15) is 30.0 Å². The minimum Gasteiger partial charge on any atom is -0.465 e. The molecule has 2 heterocycles. The zero-order valence-corrected chi connectivity index (χ0v) is 11.5. The molecule has 0 fully saturated rings. The lowest BCUT2D eigenvalue weighted by Crippen LogP contribution is -2.36. The second-order valence-corrected chi connectivity index (χ2v) is 5.39. The number of anilines is 1. The highest BCUT2D eigenvalue weighted by molar-refractivity contribution is 5.59. The van der Waals surface area contributed by atoms with Gasteiger partial charge in [-0.3, -0.25) is 0 Å². The smallest absolute Gasteiger partial charge is 0.122 e. The van der Waals surface area contributed by atoms with Crippen molar-refractivity contribution in [3.05, 3.63) is 53.5 Å². The molecule has 1 aromatic heterocycles. The largest absolute Gasteiger partial charge is 0.465 e. The Morgan fingerprint density at radius 2 is 2.11 bits per heavy atom. The quantitative estimate of drug-likeness (QED) is 0.917. The zero-order valence-electron chi connectivity index (χ0n) is 11.5. The second kappa shape index (κ2) is 4.74. The van der Waals surface area contributed by atoms with Crippen LogP contribution in [-0.4, -0.2) is 12.6 Å². The summed E-state index contributed by atoms with van der Waals surface area (Å²) in [4.78, 5) is 2.39. The Balaban J connectivity index is 1.80. The van der Waals surface area contributed by atoms with Crippen molar-refractivity contribution >= 4 is 5.69 Å². The number of aryl methyl sites for hydroxylation is 1. The van der Waals surface area contributed by atoms with Crippen LogP contribution in [-0.2, 0) is 6.42 Å². The van der Waals surface area contributed by atoms with Gasteiger partial charge in [-0.25, -0.2) is 0 Å². The number of hydrogen-bond donors (Lipinski definition) is 1. The zero-order chi connectivity index (χ0) is 13.4. The minimum atomic E-state index is -0.0812. The molecule has 0 spiro atoms. The molecule has 2 aromatic rings. The van der Waals surface area contributed by atoms with E-state index in [2.05, 4.69) is 36.1 Å². The monoisotopic (exact) mass is 256 g/mol. The van der Waals surface area contributed by atoms with E-state index in [0.717, 1.165) is 24.5 Å². The van der Waals surface area contributed by atoms with Crippen molar-refractivity contribution < 1.29 is 4.42 Å². The fourth-order valence-corrected chi connectivity index (χ4v) is 2.86. The molecule has 0 radical (unpaired) electrons. The maximum Gasteiger partial charge on any atom is 0.122 e. The van der Waals surface area contributed by atoms with Crippen molar-refractivity contribution in [1.82, 2.24) is 0 Å². The standard InChI is InChI=1S/C16H20N2O/c1-11-9-13-5-3-4-6-15(13)18(11)10-14(17)16-8-7-12(2)19-16/h3-8,11,14H,9-10,17H2,1-2H3. The number of hydrogen-bond acceptors (Lipinski definition) is 3. The van der Waals surface area contributed by atoms with E-state index in [-0.39, 0.29) is 6.04 Å². The Bertz CT molecular complexity index is 576. The van der Waals surface area contributed by atoms with E-state index in [4.69, 9.17) is 10.2 Å². The topological polar surface area (TPSA) is 42.4 Å². The molecule has 0 saturated carbocycles. The van der Waals surface area contributed by atoms with E-state index in [1.54, 1.807) is 0 Å². The first-order chi connectivity index (χ1) is 9.15. The number of rotatable bonds is 3. The second-order valence-electron chi connectivity index (χ2n) is 5.39. The van der Waals surface area contributed by atoms with E-state index in [1.165, 1.54) is 11.3 Å². The molecule has 3 rings (SSSR count). The summed E-state index contributed by atoms with van der Waals surface area (Å²) < 4.78 is 5.63. The molecule has 100 valence electrons. The van der Waals surface area contributed by atoms with Gasteiger partial charge in [0.05, 0.1) is 6.04 Å². The van der Waals surface area contributed by atoms with Crippen molar-refractivity contribution in [2.75, 3.05) is 11.4 Å². The van der Waals surface area contributed by atoms with Crippen LogP contribution in [0.2, 0.25) is 0 Å². The number of benzene rings is 1. The van der Waals surface area contributed by atoms with Gasteiger partial charge in [-0.1, -0.05) is 18.2 Å². The van der Waals surface area contributed by atoms with Gasteiger partial charge in [-0.2, -0.15) is 0 Å². The molecule has 2 N–H and O–H groups in total. The lowest BCUT2D eigenvalue weighted by molar-refractivity contribution is 0.440. The van der Waals surface area contributed by atoms with Crippen LogP contribution in [0.25, 0.3) is 0 Å². The van der Waals surface area contributed by atoms with Crippen molar-refractivity contribution in [1.29, 1.82) is 0 Å². The summed E-state index contributed by atoms with van der Waals surface area (Å²) in [6.45, 7) is 5.00. The van der Waals surface area contributed by atoms with Gasteiger partial charge in [-0.05, 0) is 44.0 Å². The van der Waals surface area contributed by atoms with Crippen LogP contribution in [0.15, 0.2) is 40.8 Å². The summed E-state index contributed by atoms with van der Waals surface area (Å²) in [5.41, 5.74) is 9.00. The van der Waals surface area contributed by atoms with Crippen molar-refractivity contribution in [2.24, 2.45) is 5.73 Å². The fourth-order valence-electron chi connectivity index (χ4n) is 2.86. The molecule has 1 aliphatic rings. The summed E-state index contributed by atoms with van der Waals surface area (Å²) in [5, 5.41) is 0. The van der Waals surface area contributed by atoms with Gasteiger partial charge in [0, 0.05) is 18.3 Å². The summed E-state index contributed by atoms with van der Waals surface area (Å²) in [6, 6.07) is 12.9. The molecule has 0 bridgehead atoms. The SMILES string of the molecule is Cc1ccc(C(N)CN2c3ccccc3CC2C)o1. The van der Waals surface area contributed by atoms with Crippen molar-refractivity contribution in [3.63, 3.8) is 0 Å². The lowest BCUT2D eigenvalue weighted by Gasteiger charge is -2.27. The highest BCUT2D eigenvalue weighted by Crippen LogP contribution is 2.33. The summed E-state index contributed by atoms with van der Waals surface area (Å²) >= 11 is 0. The third-order valence-corrected chi connectivity index (χ3v) is 3.87. The Kier molecular flexibility index (Phi) is 3.07. The Labute approximate surface area is 114 Å². The van der Waals surface area contributed by atoms with Crippen LogP contribution < -0.4 is 10.6 Å². The van der Waals surface area contributed by atoms with Gasteiger partial charge < -0.3 is 15.1 Å². The van der Waals surface area contributed by atoms with Gasteiger partial charge in [0.15, 0.2) is 0 Å². The minimum absolute atomic E-state index is 0.0812. The number of fused-ring (bicyclic) bond motifs is 1. The third kappa shape index (κ3) is 2.26. The first kappa shape index (κ1) is 12.3. The highest BCUT2D eigenvalue weighted by Gasteiger charge is 2.27. The molecule has 3 heteroatoms. The molecule has 1 aromatic carbocycles. The molecule has 1 aliphatic heterocycles. The Hall–Kier alpha value is -1.74. The van der Waals surface area contributed by atoms with Crippen LogP contribution in [0.4, 0.5) is 5.69 Å². The Morgan fingerprint density at radius 1 is 1.32 bits per heavy atom. The van der Waals surface area contributed by atoms with Crippen molar-refractivity contribution in [2.45, 2.75) is 32.4 Å². The van der Waals surface area contributed by atoms with E-state index in [0.29, 0.717) is 6.04 Å². The molecule has 3 nitrogen and oxygen atoms in total. The summed E-state index contributed by atoms with van der Waals surface area (Å²) in [5.74, 6) is 1.79. The summed E-state index contributed by atoms with van der Waals surface area (Å²) in [6.07, 6.45) is 1.10. The van der Waals surface area contributed by atoms with E-state index < -0.39 is 0 Å². The van der Waals surface area contributed by atoms with E-state index in [9.17, 15) is 0 Å². The predicted octanol–water partition coefficient (Wildman–Crippen LogP) is 3.04. The number of nitrogens with zero attached hydrogens (tertiary/aromatic N) is 1. The summed E-state index contributed by atoms with van der Waals surface area (Å²) in [7, 11) is 0. The van der Waals surface area contributed by atoms with Crippen LogP contribution >= 0.6 is 0 Å². The van der Waals surface area contributed by atoms with Gasteiger partial charge in [-0.15, -0.1) is 0 Å². The van der Waals surface area contributed by atoms with Crippen molar-refractivity contribution in [3.8, 4) is 0 Å². The van der Waals surface area contributed by atoms with Crippen LogP contribution in [0.3, 0.4) is 0 Å².